The predicted molar refractivity (Wildman–Crippen MR) is 406 cm³/mol. The van der Waals surface area contributed by atoms with Crippen LogP contribution in [0.25, 0.3) is 0 Å². The molecule has 0 fully saturated rings. The largest absolute Gasteiger partial charge is 0.477 e. The summed E-state index contributed by atoms with van der Waals surface area (Å²) in [6.45, 7) is 4.95. The quantitative estimate of drug-likeness (QED) is 0.0211. The number of esters is 2. The fourth-order valence-corrected chi connectivity index (χ4v) is 12.8. The fraction of sp³-hybridized carbons (Fsp3) is 0.894. The van der Waals surface area contributed by atoms with Crippen molar-refractivity contribution < 1.29 is 42.9 Å². The van der Waals surface area contributed by atoms with Crippen molar-refractivity contribution in [1.29, 1.82) is 0 Å². The summed E-state index contributed by atoms with van der Waals surface area (Å²) in [7, 11) is 6.00. The summed E-state index contributed by atoms with van der Waals surface area (Å²) in [5.74, 6) is -1.97. The number of likely N-dealkylation sites (N-methyl/N-ethyl adjacent to an activating group) is 1. The maximum atomic E-state index is 13.0. The third kappa shape index (κ3) is 76.9. The molecule has 554 valence electrons. The number of hydrogen-bond acceptors (Lipinski definition) is 7. The van der Waals surface area contributed by atoms with Crippen LogP contribution in [0, 0.1) is 0 Å². The van der Waals surface area contributed by atoms with Gasteiger partial charge in [-0.1, -0.05) is 403 Å². The van der Waals surface area contributed by atoms with Gasteiger partial charge in [0.05, 0.1) is 34.4 Å². The number of quaternary nitrogens is 1. The molecule has 0 saturated carbocycles. The molecule has 0 aromatic heterocycles. The highest BCUT2D eigenvalue weighted by molar-refractivity contribution is 5.71. The smallest absolute Gasteiger partial charge is 0.361 e. The van der Waals surface area contributed by atoms with Gasteiger partial charge in [0.2, 0.25) is 0 Å². The number of aliphatic carboxylic acids is 1. The summed E-state index contributed by atoms with van der Waals surface area (Å²) in [5.41, 5.74) is 0. The number of carboxylic acid groups (broad SMARTS) is 1. The standard InChI is InChI=1S/C85H161NO8/c1-6-8-10-12-14-16-18-20-22-24-26-28-30-32-34-36-37-38-39-40-41-42-43-44-45-46-47-48-50-52-54-56-58-60-62-64-66-68-70-72-74-76-83(88)94-81(80-93-85(84(89)90)91-78-77-86(3,4)5)79-92-82(87)75-73-71-69-67-65-63-61-59-57-55-53-51-49-35-33-31-29-27-25-23-21-19-17-15-13-11-9-7-2/h18,20,24,26,30,32,81,85H,6-17,19,21-23,25,27-29,31,33-80H2,1-5H3/p+1/b20-18-,26-24-,32-30-. The lowest BCUT2D eigenvalue weighted by atomic mass is 10.0. The summed E-state index contributed by atoms with van der Waals surface area (Å²) < 4.78 is 23.1. The van der Waals surface area contributed by atoms with Gasteiger partial charge in [0.1, 0.15) is 13.2 Å². The van der Waals surface area contributed by atoms with Crippen molar-refractivity contribution in [3.63, 3.8) is 0 Å². The van der Waals surface area contributed by atoms with E-state index in [1.807, 2.05) is 21.1 Å². The Hall–Kier alpha value is -2.49. The van der Waals surface area contributed by atoms with Gasteiger partial charge in [0, 0.05) is 12.8 Å². The third-order valence-corrected chi connectivity index (χ3v) is 19.1. The molecule has 0 aromatic rings. The number of carboxylic acids is 1. The molecule has 9 nitrogen and oxygen atoms in total. The lowest BCUT2D eigenvalue weighted by molar-refractivity contribution is -0.870. The first-order valence-corrected chi connectivity index (χ1v) is 41.7. The molecule has 0 spiro atoms. The lowest BCUT2D eigenvalue weighted by Crippen LogP contribution is -2.40. The summed E-state index contributed by atoms with van der Waals surface area (Å²) in [6.07, 6.45) is 96.1. The van der Waals surface area contributed by atoms with Gasteiger partial charge in [-0.25, -0.2) is 4.79 Å². The first kappa shape index (κ1) is 91.5. The second-order valence-electron chi connectivity index (χ2n) is 29.8. The Morgan fingerprint density at radius 1 is 0.319 bits per heavy atom. The van der Waals surface area contributed by atoms with E-state index in [0.717, 1.165) is 51.4 Å². The van der Waals surface area contributed by atoms with Crippen LogP contribution in [0.4, 0.5) is 0 Å². The van der Waals surface area contributed by atoms with Crippen LogP contribution in [-0.2, 0) is 33.3 Å². The van der Waals surface area contributed by atoms with Crippen molar-refractivity contribution in [3.8, 4) is 0 Å². The van der Waals surface area contributed by atoms with Crippen LogP contribution in [0.15, 0.2) is 36.5 Å². The van der Waals surface area contributed by atoms with Crippen LogP contribution in [-0.4, -0.2) is 87.4 Å². The van der Waals surface area contributed by atoms with E-state index in [9.17, 15) is 19.5 Å². The number of allylic oxidation sites excluding steroid dienone is 6. The highest BCUT2D eigenvalue weighted by Gasteiger charge is 2.25. The minimum absolute atomic E-state index is 0.174. The average molecular weight is 1330 g/mol. The van der Waals surface area contributed by atoms with Crippen molar-refractivity contribution in [2.75, 3.05) is 47.5 Å². The Morgan fingerprint density at radius 2 is 0.574 bits per heavy atom. The molecule has 0 rings (SSSR count). The van der Waals surface area contributed by atoms with E-state index >= 15 is 0 Å². The molecule has 0 amide bonds. The first-order chi connectivity index (χ1) is 46.1. The predicted octanol–water partition coefficient (Wildman–Crippen LogP) is 26.7. The molecule has 0 heterocycles. The molecule has 0 aromatic carbocycles. The number of rotatable bonds is 79. The Morgan fingerprint density at radius 3 is 0.851 bits per heavy atom. The van der Waals surface area contributed by atoms with Gasteiger partial charge in [-0.3, -0.25) is 9.59 Å². The monoisotopic (exact) mass is 1330 g/mol. The second kappa shape index (κ2) is 76.3. The minimum atomic E-state index is -1.51. The van der Waals surface area contributed by atoms with E-state index in [1.165, 1.54) is 353 Å². The van der Waals surface area contributed by atoms with E-state index in [-0.39, 0.29) is 38.2 Å². The highest BCUT2D eigenvalue weighted by atomic mass is 16.7. The zero-order valence-corrected chi connectivity index (χ0v) is 63.7. The maximum Gasteiger partial charge on any atom is 0.361 e. The van der Waals surface area contributed by atoms with Crippen molar-refractivity contribution in [2.45, 2.75) is 444 Å². The summed E-state index contributed by atoms with van der Waals surface area (Å²) >= 11 is 0. The molecule has 0 saturated heterocycles. The molecule has 0 bridgehead atoms. The van der Waals surface area contributed by atoms with Gasteiger partial charge >= 0.3 is 17.9 Å². The SMILES string of the molecule is CCCCCCC/C=C\C/C=C\C/C=C\CCCCCCCCCCCCCCCCCCCCCCCCCCCCC(=O)OC(COC(=O)CCCCCCCCCCCCCCCCCCCCCCCCCCCCCC)COC(OCC[N+](C)(C)C)C(=O)O. The van der Waals surface area contributed by atoms with Gasteiger partial charge in [-0.15, -0.1) is 0 Å². The van der Waals surface area contributed by atoms with Crippen LogP contribution >= 0.6 is 0 Å². The number of nitrogens with zero attached hydrogens (tertiary/aromatic N) is 1. The average Bonchev–Trinajstić information content (AvgIpc) is 3.42. The molecule has 0 aliphatic carbocycles. The second-order valence-corrected chi connectivity index (χ2v) is 29.8. The van der Waals surface area contributed by atoms with Gasteiger partial charge in [-0.05, 0) is 51.4 Å². The van der Waals surface area contributed by atoms with E-state index in [4.69, 9.17) is 18.9 Å². The minimum Gasteiger partial charge on any atom is -0.477 e. The summed E-state index contributed by atoms with van der Waals surface area (Å²) in [5, 5.41) is 9.78. The Balaban J connectivity index is 3.92. The van der Waals surface area contributed by atoms with Gasteiger partial charge in [-0.2, -0.15) is 0 Å². The maximum absolute atomic E-state index is 13.0. The molecule has 1 N–H and O–H groups in total. The Labute approximate surface area is 585 Å². The highest BCUT2D eigenvalue weighted by Crippen LogP contribution is 2.20. The van der Waals surface area contributed by atoms with Crippen LogP contribution in [0.5, 0.6) is 0 Å². The topological polar surface area (TPSA) is 108 Å². The van der Waals surface area contributed by atoms with Gasteiger partial charge in [0.25, 0.3) is 6.29 Å². The molecule has 0 radical (unpaired) electrons. The van der Waals surface area contributed by atoms with Crippen LogP contribution in [0.1, 0.15) is 431 Å². The van der Waals surface area contributed by atoms with Crippen LogP contribution < -0.4 is 0 Å². The van der Waals surface area contributed by atoms with Crippen LogP contribution in [0.2, 0.25) is 0 Å². The van der Waals surface area contributed by atoms with Crippen molar-refractivity contribution in [3.05, 3.63) is 36.5 Å². The lowest BCUT2D eigenvalue weighted by Gasteiger charge is -2.25. The summed E-state index contributed by atoms with van der Waals surface area (Å²) in [6, 6.07) is 0. The van der Waals surface area contributed by atoms with Crippen molar-refractivity contribution in [1.82, 2.24) is 0 Å². The molecule has 9 heteroatoms. The molecule has 2 atom stereocenters. The van der Waals surface area contributed by atoms with Crippen molar-refractivity contribution >= 4 is 17.9 Å². The Bertz CT molecular complexity index is 1640. The fourth-order valence-electron chi connectivity index (χ4n) is 12.8. The number of carbonyl (C=O) groups is 3. The normalized spacial score (nSPS) is 12.7. The van der Waals surface area contributed by atoms with E-state index in [0.29, 0.717) is 17.4 Å². The number of carbonyl (C=O) groups excluding carboxylic acids is 2. The number of ether oxygens (including phenoxy) is 4. The Kier molecular flexibility index (Phi) is 74.2. The zero-order chi connectivity index (χ0) is 68.2. The third-order valence-electron chi connectivity index (χ3n) is 19.1. The van der Waals surface area contributed by atoms with Gasteiger partial charge in [0.15, 0.2) is 6.10 Å². The van der Waals surface area contributed by atoms with E-state index in [1.54, 1.807) is 0 Å². The number of unbranched alkanes of at least 4 members (excludes halogenated alkanes) is 58. The molecular formula is C85H162NO8+. The molecule has 0 aliphatic rings. The molecular weight excluding hydrogens is 1160 g/mol. The van der Waals surface area contributed by atoms with Crippen LogP contribution in [0.3, 0.4) is 0 Å². The first-order valence-electron chi connectivity index (χ1n) is 41.7. The molecule has 94 heavy (non-hydrogen) atoms. The summed E-state index contributed by atoms with van der Waals surface area (Å²) in [4.78, 5) is 37.7. The van der Waals surface area contributed by atoms with Gasteiger partial charge < -0.3 is 28.5 Å². The van der Waals surface area contributed by atoms with Crippen molar-refractivity contribution in [2.24, 2.45) is 0 Å². The molecule has 0 aliphatic heterocycles. The van der Waals surface area contributed by atoms with E-state index < -0.39 is 18.4 Å². The number of hydrogen-bond donors (Lipinski definition) is 1. The molecule has 2 unspecified atom stereocenters. The zero-order valence-electron chi connectivity index (χ0n) is 63.7. The van der Waals surface area contributed by atoms with E-state index in [2.05, 4.69) is 50.3 Å².